The Labute approximate surface area is 119 Å². The topological polar surface area (TPSA) is 47.3 Å². The molecule has 1 aromatic heterocycles. The molecule has 0 aliphatic heterocycles. The fourth-order valence-corrected chi connectivity index (χ4v) is 1.81. The highest BCUT2D eigenvalue weighted by atomic mass is 16.5. The number of nitrogens with one attached hydrogen (secondary N) is 1. The second-order valence-corrected chi connectivity index (χ2v) is 4.28. The number of ether oxygens (including phenoxy) is 1. The van der Waals surface area contributed by atoms with Crippen LogP contribution in [0.1, 0.15) is 24.1 Å². The second kappa shape index (κ2) is 7.37. The Hall–Kier alpha value is -2.25. The molecule has 0 amide bonds. The number of benzene rings is 1. The van der Waals surface area contributed by atoms with Crippen LogP contribution in [0.4, 0.5) is 0 Å². The van der Waals surface area contributed by atoms with E-state index < -0.39 is 0 Å². The van der Waals surface area contributed by atoms with E-state index in [0.29, 0.717) is 19.0 Å². The fraction of sp³-hybridized carbons (Fsp3) is 0.312. The van der Waals surface area contributed by atoms with Gasteiger partial charge in [0.25, 0.3) is 0 Å². The van der Waals surface area contributed by atoms with Crippen LogP contribution in [0.15, 0.2) is 34.9 Å². The van der Waals surface area contributed by atoms with Crippen LogP contribution < -0.4 is 10.1 Å². The highest BCUT2D eigenvalue weighted by molar-refractivity contribution is 5.33. The van der Waals surface area contributed by atoms with E-state index in [-0.39, 0.29) is 6.61 Å². The maximum Gasteiger partial charge on any atom is 0.208 e. The van der Waals surface area contributed by atoms with Gasteiger partial charge in [-0.25, -0.2) is 4.98 Å². The summed E-state index contributed by atoms with van der Waals surface area (Å²) in [7, 11) is 0. The minimum atomic E-state index is 0.274. The first-order chi connectivity index (χ1) is 9.83. The number of nitrogens with zero attached hydrogens (tertiary/aromatic N) is 1. The molecule has 20 heavy (non-hydrogen) atoms. The van der Waals surface area contributed by atoms with Gasteiger partial charge in [-0.1, -0.05) is 31.0 Å². The van der Waals surface area contributed by atoms with Crippen molar-refractivity contribution in [2.24, 2.45) is 0 Å². The molecular formula is C16H18N2O2. The van der Waals surface area contributed by atoms with Gasteiger partial charge in [0.15, 0.2) is 0 Å². The van der Waals surface area contributed by atoms with Crippen molar-refractivity contribution in [3.63, 3.8) is 0 Å². The van der Waals surface area contributed by atoms with E-state index in [1.54, 1.807) is 6.20 Å². The summed E-state index contributed by atoms with van der Waals surface area (Å²) in [5, 5.41) is 3.28. The molecule has 0 fully saturated rings. The lowest BCUT2D eigenvalue weighted by Crippen LogP contribution is -2.13. The summed E-state index contributed by atoms with van der Waals surface area (Å²) in [6.07, 6.45) is 7.83. The summed E-state index contributed by atoms with van der Waals surface area (Å²) < 4.78 is 11.0. The maximum atomic E-state index is 5.53. The molecule has 0 bridgehead atoms. The van der Waals surface area contributed by atoms with Crippen LogP contribution >= 0.6 is 0 Å². The Morgan fingerprint density at radius 2 is 2.20 bits per heavy atom. The number of hydrogen-bond donors (Lipinski definition) is 1. The predicted molar refractivity (Wildman–Crippen MR) is 77.2 cm³/mol. The van der Waals surface area contributed by atoms with E-state index in [1.807, 2.05) is 31.2 Å². The molecule has 0 spiro atoms. The minimum Gasteiger partial charge on any atom is -0.481 e. The van der Waals surface area contributed by atoms with E-state index in [2.05, 4.69) is 16.2 Å². The zero-order valence-electron chi connectivity index (χ0n) is 11.6. The average molecular weight is 270 g/mol. The summed E-state index contributed by atoms with van der Waals surface area (Å²) in [6, 6.07) is 7.82. The van der Waals surface area contributed by atoms with Gasteiger partial charge in [0.1, 0.15) is 18.1 Å². The van der Waals surface area contributed by atoms with Gasteiger partial charge in [0.05, 0.1) is 12.7 Å². The molecule has 0 saturated carbocycles. The molecule has 0 radical (unpaired) electrons. The summed E-state index contributed by atoms with van der Waals surface area (Å²) in [5.74, 6) is 4.87. The van der Waals surface area contributed by atoms with Gasteiger partial charge in [-0.2, -0.15) is 0 Å². The first kappa shape index (κ1) is 14.2. The summed E-state index contributed by atoms with van der Waals surface area (Å²) >= 11 is 0. The van der Waals surface area contributed by atoms with Gasteiger partial charge >= 0.3 is 0 Å². The first-order valence-corrected chi connectivity index (χ1v) is 6.62. The van der Waals surface area contributed by atoms with Gasteiger partial charge in [-0.15, -0.1) is 6.42 Å². The van der Waals surface area contributed by atoms with Crippen LogP contribution in [0, 0.1) is 12.3 Å². The van der Waals surface area contributed by atoms with Crippen molar-refractivity contribution in [2.45, 2.75) is 26.4 Å². The first-order valence-electron chi connectivity index (χ1n) is 6.62. The number of aromatic nitrogens is 1. The highest BCUT2D eigenvalue weighted by Crippen LogP contribution is 2.17. The largest absolute Gasteiger partial charge is 0.481 e. The van der Waals surface area contributed by atoms with Crippen molar-refractivity contribution in [1.82, 2.24) is 10.3 Å². The molecule has 4 nitrogen and oxygen atoms in total. The highest BCUT2D eigenvalue weighted by Gasteiger charge is 2.04. The summed E-state index contributed by atoms with van der Waals surface area (Å²) in [6.45, 7) is 3.57. The van der Waals surface area contributed by atoms with Crippen molar-refractivity contribution >= 4 is 0 Å². The molecule has 0 aliphatic carbocycles. The second-order valence-electron chi connectivity index (χ2n) is 4.28. The SMILES string of the molecule is C#CCOc1ccccc1CNCc1ncc(CC)o1. The molecule has 2 rings (SSSR count). The van der Waals surface area contributed by atoms with E-state index >= 15 is 0 Å². The molecule has 1 heterocycles. The van der Waals surface area contributed by atoms with Crippen molar-refractivity contribution in [1.29, 1.82) is 0 Å². The number of aryl methyl sites for hydroxylation is 1. The Kier molecular flexibility index (Phi) is 5.22. The van der Waals surface area contributed by atoms with Crippen LogP contribution in [0.25, 0.3) is 0 Å². The smallest absolute Gasteiger partial charge is 0.208 e. The lowest BCUT2D eigenvalue weighted by atomic mass is 10.2. The van der Waals surface area contributed by atoms with Crippen LogP contribution in [0.3, 0.4) is 0 Å². The van der Waals surface area contributed by atoms with Crippen molar-refractivity contribution < 1.29 is 9.15 Å². The predicted octanol–water partition coefficient (Wildman–Crippen LogP) is 2.54. The number of terminal acetylenes is 1. The van der Waals surface area contributed by atoms with Crippen LogP contribution in [0.2, 0.25) is 0 Å². The molecule has 4 heteroatoms. The fourth-order valence-electron chi connectivity index (χ4n) is 1.81. The number of hydrogen-bond acceptors (Lipinski definition) is 4. The Bertz CT molecular complexity index is 584. The number of oxazole rings is 1. The zero-order chi connectivity index (χ0) is 14.2. The Balaban J connectivity index is 1.89. The molecule has 0 unspecified atom stereocenters. The van der Waals surface area contributed by atoms with Gasteiger partial charge < -0.3 is 14.5 Å². The van der Waals surface area contributed by atoms with E-state index in [1.165, 1.54) is 0 Å². The molecule has 104 valence electrons. The third kappa shape index (κ3) is 3.87. The zero-order valence-corrected chi connectivity index (χ0v) is 11.6. The molecule has 1 aromatic carbocycles. The number of rotatable bonds is 7. The molecule has 0 saturated heterocycles. The quantitative estimate of drug-likeness (QED) is 0.785. The molecule has 2 aromatic rings. The van der Waals surface area contributed by atoms with Crippen LogP contribution in [-0.4, -0.2) is 11.6 Å². The standard InChI is InChI=1S/C16H18N2O2/c1-3-9-19-15-8-6-5-7-13(15)10-17-12-16-18-11-14(4-2)20-16/h1,5-8,11,17H,4,9-10,12H2,2H3. The van der Waals surface area contributed by atoms with E-state index in [0.717, 1.165) is 23.5 Å². The van der Waals surface area contributed by atoms with Gasteiger partial charge in [0, 0.05) is 18.5 Å². The van der Waals surface area contributed by atoms with Crippen LogP contribution in [0.5, 0.6) is 5.75 Å². The maximum absolute atomic E-state index is 5.53. The minimum absolute atomic E-state index is 0.274. The normalized spacial score (nSPS) is 10.2. The Morgan fingerprint density at radius 3 is 2.95 bits per heavy atom. The summed E-state index contributed by atoms with van der Waals surface area (Å²) in [5.41, 5.74) is 1.06. The van der Waals surface area contributed by atoms with Gasteiger partial charge in [0.2, 0.25) is 5.89 Å². The van der Waals surface area contributed by atoms with Crippen molar-refractivity contribution in [3.8, 4) is 18.1 Å². The Morgan fingerprint density at radius 1 is 1.35 bits per heavy atom. The monoisotopic (exact) mass is 270 g/mol. The lowest BCUT2D eigenvalue weighted by molar-refractivity contribution is 0.364. The molecule has 0 aliphatic rings. The third-order valence-corrected chi connectivity index (χ3v) is 2.83. The van der Waals surface area contributed by atoms with E-state index in [4.69, 9.17) is 15.6 Å². The third-order valence-electron chi connectivity index (χ3n) is 2.83. The lowest BCUT2D eigenvalue weighted by Gasteiger charge is -2.09. The van der Waals surface area contributed by atoms with Gasteiger partial charge in [-0.05, 0) is 6.07 Å². The summed E-state index contributed by atoms with van der Waals surface area (Å²) in [4.78, 5) is 4.20. The van der Waals surface area contributed by atoms with Crippen LogP contribution in [-0.2, 0) is 19.5 Å². The molecular weight excluding hydrogens is 252 g/mol. The number of para-hydroxylation sites is 1. The van der Waals surface area contributed by atoms with Crippen molar-refractivity contribution in [3.05, 3.63) is 47.7 Å². The van der Waals surface area contributed by atoms with Gasteiger partial charge in [-0.3, -0.25) is 0 Å². The van der Waals surface area contributed by atoms with E-state index in [9.17, 15) is 0 Å². The molecule has 0 atom stereocenters. The average Bonchev–Trinajstić information content (AvgIpc) is 2.94. The molecule has 1 N–H and O–H groups in total. The van der Waals surface area contributed by atoms with Crippen molar-refractivity contribution in [2.75, 3.05) is 6.61 Å².